The van der Waals surface area contributed by atoms with Crippen LogP contribution < -0.4 is 9.31 Å². The third-order valence-electron chi connectivity index (χ3n) is 5.70. The summed E-state index contributed by atoms with van der Waals surface area (Å²) in [6, 6.07) is 23.5. The SMILES string of the molecule is Cc1ccc(S(=O)(=O)N2CC3CC(=O)N(c4ccccc4)N=C3c3ccccc32)cc1. The lowest BCUT2D eigenvalue weighted by molar-refractivity contribution is -0.119. The van der Waals surface area contributed by atoms with Gasteiger partial charge in [0.05, 0.1) is 22.0 Å². The predicted molar refractivity (Wildman–Crippen MR) is 121 cm³/mol. The van der Waals surface area contributed by atoms with Crippen LogP contribution in [0.25, 0.3) is 0 Å². The molecule has 0 saturated carbocycles. The molecule has 6 nitrogen and oxygen atoms in total. The van der Waals surface area contributed by atoms with Crippen molar-refractivity contribution in [3.05, 3.63) is 90.0 Å². The number of hydrazone groups is 1. The van der Waals surface area contributed by atoms with E-state index in [1.165, 1.54) is 9.31 Å². The average Bonchev–Trinajstić information content (AvgIpc) is 2.79. The molecule has 1 unspecified atom stereocenters. The molecule has 0 aliphatic carbocycles. The lowest BCUT2D eigenvalue weighted by Gasteiger charge is -2.39. The zero-order chi connectivity index (χ0) is 21.6. The van der Waals surface area contributed by atoms with E-state index in [2.05, 4.69) is 5.10 Å². The lowest BCUT2D eigenvalue weighted by atomic mass is 9.88. The Morgan fingerprint density at radius 3 is 2.32 bits per heavy atom. The number of rotatable bonds is 3. The molecule has 0 N–H and O–H groups in total. The second kappa shape index (κ2) is 7.35. The van der Waals surface area contributed by atoms with Gasteiger partial charge in [-0.15, -0.1) is 0 Å². The minimum absolute atomic E-state index is 0.146. The Balaban J connectivity index is 1.62. The number of amides is 1. The van der Waals surface area contributed by atoms with Crippen molar-refractivity contribution in [3.8, 4) is 0 Å². The van der Waals surface area contributed by atoms with Gasteiger partial charge in [-0.1, -0.05) is 54.1 Å². The molecule has 7 heteroatoms. The van der Waals surface area contributed by atoms with Gasteiger partial charge in [0, 0.05) is 24.4 Å². The summed E-state index contributed by atoms with van der Waals surface area (Å²) in [6.07, 6.45) is 0.196. The molecule has 2 heterocycles. The highest BCUT2D eigenvalue weighted by Gasteiger charge is 2.41. The summed E-state index contributed by atoms with van der Waals surface area (Å²) in [5.41, 5.74) is 3.76. The number of carbonyl (C=O) groups excluding carboxylic acids is 1. The molecule has 1 atom stereocenters. The summed E-state index contributed by atoms with van der Waals surface area (Å²) in [4.78, 5) is 13.1. The summed E-state index contributed by atoms with van der Waals surface area (Å²) >= 11 is 0. The van der Waals surface area contributed by atoms with E-state index in [0.29, 0.717) is 11.4 Å². The highest BCUT2D eigenvalue weighted by molar-refractivity contribution is 7.92. The van der Waals surface area contributed by atoms with E-state index in [1.807, 2.05) is 55.5 Å². The average molecular weight is 432 g/mol. The van der Waals surface area contributed by atoms with Crippen molar-refractivity contribution in [2.45, 2.75) is 18.2 Å². The van der Waals surface area contributed by atoms with Crippen molar-refractivity contribution < 1.29 is 13.2 Å². The van der Waals surface area contributed by atoms with Gasteiger partial charge < -0.3 is 0 Å². The number of para-hydroxylation sites is 2. The number of hydrogen-bond donors (Lipinski definition) is 0. The number of anilines is 2. The molecule has 2 aliphatic heterocycles. The normalized spacial score (nSPS) is 18.3. The van der Waals surface area contributed by atoms with Gasteiger partial charge in [-0.05, 0) is 37.3 Å². The standard InChI is InChI=1S/C24H21N3O3S/c1-17-11-13-20(14-12-17)31(29,30)26-16-18-15-23(28)27(19-7-3-2-4-8-19)25-24(18)21-9-5-6-10-22(21)26/h2-14,18H,15-16H2,1H3. The van der Waals surface area contributed by atoms with Crippen LogP contribution in [0.1, 0.15) is 17.5 Å². The summed E-state index contributed by atoms with van der Waals surface area (Å²) in [6.45, 7) is 2.10. The second-order valence-electron chi connectivity index (χ2n) is 7.79. The molecule has 31 heavy (non-hydrogen) atoms. The molecule has 1 amide bonds. The van der Waals surface area contributed by atoms with Crippen molar-refractivity contribution in [2.75, 3.05) is 15.9 Å². The smallest absolute Gasteiger partial charge is 0.264 e. The number of sulfonamides is 1. The van der Waals surface area contributed by atoms with Crippen molar-refractivity contribution in [1.29, 1.82) is 0 Å². The molecule has 2 aliphatic rings. The van der Waals surface area contributed by atoms with E-state index in [0.717, 1.165) is 16.8 Å². The van der Waals surface area contributed by atoms with Crippen LogP contribution in [-0.4, -0.2) is 26.6 Å². The molecule has 5 rings (SSSR count). The first-order valence-electron chi connectivity index (χ1n) is 10.1. The van der Waals surface area contributed by atoms with E-state index in [-0.39, 0.29) is 29.7 Å². The Labute approximate surface area is 181 Å². The number of nitrogens with zero attached hydrogens (tertiary/aromatic N) is 3. The summed E-state index contributed by atoms with van der Waals surface area (Å²) in [5.74, 6) is -0.449. The Bertz CT molecular complexity index is 1290. The van der Waals surface area contributed by atoms with Crippen LogP contribution in [0.4, 0.5) is 11.4 Å². The van der Waals surface area contributed by atoms with Gasteiger partial charge >= 0.3 is 0 Å². The molecule has 156 valence electrons. The van der Waals surface area contributed by atoms with Gasteiger partial charge in [-0.3, -0.25) is 9.10 Å². The number of carbonyl (C=O) groups is 1. The van der Waals surface area contributed by atoms with Crippen molar-refractivity contribution >= 4 is 33.0 Å². The largest absolute Gasteiger partial charge is 0.273 e. The molecular formula is C24H21N3O3S. The zero-order valence-corrected chi connectivity index (χ0v) is 17.8. The molecule has 0 aromatic heterocycles. The topological polar surface area (TPSA) is 70.1 Å². The van der Waals surface area contributed by atoms with Crippen molar-refractivity contribution in [2.24, 2.45) is 11.0 Å². The fraction of sp³-hybridized carbons (Fsp3) is 0.167. The summed E-state index contributed by atoms with van der Waals surface area (Å²) in [5, 5.41) is 6.10. The van der Waals surface area contributed by atoms with Gasteiger partial charge in [0.25, 0.3) is 10.0 Å². The number of aryl methyl sites for hydroxylation is 1. The first-order valence-corrected chi connectivity index (χ1v) is 11.5. The molecule has 0 radical (unpaired) electrons. The monoisotopic (exact) mass is 431 g/mol. The molecule has 0 bridgehead atoms. The van der Waals surface area contributed by atoms with Gasteiger partial charge in [-0.25, -0.2) is 13.4 Å². The molecule has 3 aromatic rings. The summed E-state index contributed by atoms with van der Waals surface area (Å²) < 4.78 is 28.4. The Morgan fingerprint density at radius 2 is 1.58 bits per heavy atom. The van der Waals surface area contributed by atoms with Crippen LogP contribution in [0.5, 0.6) is 0 Å². The highest BCUT2D eigenvalue weighted by Crippen LogP contribution is 2.38. The number of hydrogen-bond acceptors (Lipinski definition) is 4. The minimum Gasteiger partial charge on any atom is -0.273 e. The molecule has 0 fully saturated rings. The molecule has 3 aromatic carbocycles. The van der Waals surface area contributed by atoms with Gasteiger partial charge in [0.15, 0.2) is 0 Å². The van der Waals surface area contributed by atoms with Gasteiger partial charge in [0.2, 0.25) is 5.91 Å². The zero-order valence-electron chi connectivity index (χ0n) is 17.0. The Morgan fingerprint density at radius 1 is 0.903 bits per heavy atom. The van der Waals surface area contributed by atoms with Crippen LogP contribution in [-0.2, 0) is 14.8 Å². The Hall–Kier alpha value is -3.45. The fourth-order valence-corrected chi connectivity index (χ4v) is 5.63. The van der Waals surface area contributed by atoms with E-state index in [9.17, 15) is 13.2 Å². The predicted octanol–water partition coefficient (Wildman–Crippen LogP) is 3.96. The van der Waals surface area contributed by atoms with E-state index >= 15 is 0 Å². The van der Waals surface area contributed by atoms with Crippen LogP contribution in [0, 0.1) is 12.8 Å². The van der Waals surface area contributed by atoms with Gasteiger partial charge in [-0.2, -0.15) is 5.10 Å². The number of benzene rings is 3. The van der Waals surface area contributed by atoms with E-state index < -0.39 is 10.0 Å². The second-order valence-corrected chi connectivity index (χ2v) is 9.66. The quantitative estimate of drug-likeness (QED) is 0.630. The van der Waals surface area contributed by atoms with Crippen molar-refractivity contribution in [1.82, 2.24) is 0 Å². The highest BCUT2D eigenvalue weighted by atomic mass is 32.2. The van der Waals surface area contributed by atoms with Crippen molar-refractivity contribution in [3.63, 3.8) is 0 Å². The molecule has 0 saturated heterocycles. The lowest BCUT2D eigenvalue weighted by Crippen LogP contribution is -2.48. The van der Waals surface area contributed by atoms with Crippen LogP contribution >= 0.6 is 0 Å². The van der Waals surface area contributed by atoms with E-state index in [1.54, 1.807) is 30.3 Å². The van der Waals surface area contributed by atoms with Gasteiger partial charge in [0.1, 0.15) is 0 Å². The van der Waals surface area contributed by atoms with Crippen LogP contribution in [0.2, 0.25) is 0 Å². The van der Waals surface area contributed by atoms with Crippen LogP contribution in [0.15, 0.2) is 88.9 Å². The Kier molecular flexibility index (Phi) is 4.63. The third-order valence-corrected chi connectivity index (χ3v) is 7.49. The maximum Gasteiger partial charge on any atom is 0.264 e. The van der Waals surface area contributed by atoms with E-state index in [4.69, 9.17) is 0 Å². The fourth-order valence-electron chi connectivity index (χ4n) is 4.11. The molecule has 0 spiro atoms. The number of fused-ring (bicyclic) bond motifs is 3. The maximum atomic E-state index is 13.5. The maximum absolute atomic E-state index is 13.5. The molecular weight excluding hydrogens is 410 g/mol. The third kappa shape index (κ3) is 3.31. The first kappa shape index (κ1) is 19.5. The minimum atomic E-state index is -3.77. The summed E-state index contributed by atoms with van der Waals surface area (Å²) in [7, 11) is -3.77. The van der Waals surface area contributed by atoms with Crippen LogP contribution in [0.3, 0.4) is 0 Å². The first-order chi connectivity index (χ1) is 14.9.